The summed E-state index contributed by atoms with van der Waals surface area (Å²) in [6, 6.07) is 40.0. The number of aryl methyl sites for hydroxylation is 2. The van der Waals surface area contributed by atoms with E-state index in [9.17, 15) is 43.1 Å². The Balaban J connectivity index is 0.000000166. The van der Waals surface area contributed by atoms with Crippen LogP contribution in [0.2, 0.25) is 0 Å². The fraction of sp³-hybridized carbons (Fsp3) is 0.381. The first-order valence-corrected chi connectivity index (χ1v) is 42.7. The van der Waals surface area contributed by atoms with E-state index in [4.69, 9.17) is 9.47 Å². The number of hydrogen-bond acceptors (Lipinski definition) is 12. The van der Waals surface area contributed by atoms with Crippen LogP contribution in [0.3, 0.4) is 0 Å². The summed E-state index contributed by atoms with van der Waals surface area (Å²) in [7, 11) is 0. The maximum absolute atomic E-state index is 12.8. The number of ketones is 2. The minimum atomic E-state index is -0.517. The van der Waals surface area contributed by atoms with Gasteiger partial charge in [-0.1, -0.05) is 118 Å². The zero-order valence-corrected chi connectivity index (χ0v) is 76.8. The Labute approximate surface area is 720 Å². The summed E-state index contributed by atoms with van der Waals surface area (Å²) in [4.78, 5) is 97.8. The highest BCUT2D eigenvalue weighted by Gasteiger charge is 2.49. The van der Waals surface area contributed by atoms with E-state index < -0.39 is 11.4 Å². The van der Waals surface area contributed by atoms with Gasteiger partial charge in [-0.05, 0) is 243 Å². The molecule has 7 heterocycles. The molecule has 14 rings (SSSR count). The fourth-order valence-electron chi connectivity index (χ4n) is 14.4. The van der Waals surface area contributed by atoms with E-state index in [0.29, 0.717) is 76.7 Å². The van der Waals surface area contributed by atoms with Crippen LogP contribution < -0.4 is 41.2 Å². The first-order valence-electron chi connectivity index (χ1n) is 37.2. The molecule has 0 aliphatic carbocycles. The first-order chi connectivity index (χ1) is 53.6. The number of ether oxygens (including phenoxy) is 2. The van der Waals surface area contributed by atoms with Gasteiger partial charge in [-0.3, -0.25) is 43.6 Å². The number of hydrogen-bond donors (Lipinski definition) is 4. The third-order valence-electron chi connectivity index (χ3n) is 20.5. The molecule has 6 aliphatic heterocycles. The number of nitrogens with one attached hydrogen (secondary N) is 3. The number of fused-ring (bicyclic) bond motifs is 9. The van der Waals surface area contributed by atoms with Gasteiger partial charge in [0, 0.05) is 116 Å². The molecule has 0 radical (unpaired) electrons. The lowest BCUT2D eigenvalue weighted by molar-refractivity contribution is -0.0655. The quantitative estimate of drug-likeness (QED) is 0.0624. The van der Waals surface area contributed by atoms with E-state index in [1.54, 1.807) is 27.4 Å². The van der Waals surface area contributed by atoms with Crippen molar-refractivity contribution in [2.24, 2.45) is 0 Å². The standard InChI is InChI=1S/2C14H17BrN2O2.C14H17BrN2O.C13H17BrN2O2.C11H11BrN2O.C10H12BrNO.C8H6BrFO/c2*1-3-16-12-5-4-10(15)8-11(12)14(2)6-7-19-9-17(14)13(16)18;1-4-8-14(3)11-9-10(15)6-7-12(11)17(5-2)13(18)16-14;1-3-16-11-5-4-9(14)8-10(11)13(2,6-7-17)15-12(16)18;1-3-14-10-5-4-8(12)6-9(10)7(2)13-11(14)15;1-3-12-10-5-4-8(11)6-9(10)7(2)13;1-5(11)7-4-6(9)2-3-8(7)10/h2*4-5,8H,3,6-7,9H2,1-2H3;4,6-7,9H,1,5,8H2,2-3H3,(H,16,18);4-5,8,17H,3,6-7H2,1-2H3,(H,15,18);4-6H,3H2,1-2H3;4-6,12H,3H2,1-2H3;2-4H,1H3. The number of aromatic nitrogens is 2. The summed E-state index contributed by atoms with van der Waals surface area (Å²) >= 11 is 23.9. The van der Waals surface area contributed by atoms with Crippen molar-refractivity contribution in [2.45, 2.75) is 144 Å². The molecule has 8 amide bonds. The van der Waals surface area contributed by atoms with Crippen molar-refractivity contribution in [3.8, 4) is 0 Å². The van der Waals surface area contributed by atoms with Crippen LogP contribution in [0.15, 0.2) is 176 Å². The summed E-state index contributed by atoms with van der Waals surface area (Å²) in [6.45, 7) is 34.9. The average Bonchev–Trinajstić information content (AvgIpc) is 0.736. The highest BCUT2D eigenvalue weighted by molar-refractivity contribution is 9.11. The van der Waals surface area contributed by atoms with Gasteiger partial charge in [-0.15, -0.1) is 6.58 Å². The summed E-state index contributed by atoms with van der Waals surface area (Å²) in [6.07, 6.45) is 4.71. The van der Waals surface area contributed by atoms with Gasteiger partial charge in [-0.25, -0.2) is 28.4 Å². The lowest BCUT2D eigenvalue weighted by atomic mass is 9.83. The Morgan fingerprint density at radius 3 is 1.35 bits per heavy atom. The number of nitrogens with zero attached hydrogens (tertiary/aromatic N) is 8. The highest BCUT2D eigenvalue weighted by Crippen LogP contribution is 2.48. The predicted octanol–water partition coefficient (Wildman–Crippen LogP) is 21.4. The van der Waals surface area contributed by atoms with Gasteiger partial charge in [0.1, 0.15) is 19.3 Å². The molecule has 4 atom stereocenters. The van der Waals surface area contributed by atoms with Gasteiger partial charge >= 0.3 is 29.8 Å². The normalized spacial score (nSPS) is 19.5. The maximum Gasteiger partial charge on any atom is 0.348 e. The van der Waals surface area contributed by atoms with Crippen molar-refractivity contribution in [1.82, 2.24) is 30.0 Å². The number of anilines is 5. The topological polar surface area (TPSA) is 232 Å². The van der Waals surface area contributed by atoms with Crippen molar-refractivity contribution >= 4 is 187 Å². The lowest BCUT2D eigenvalue weighted by Gasteiger charge is -2.51. The number of aliphatic hydroxyl groups is 1. The number of rotatable bonds is 13. The smallest absolute Gasteiger partial charge is 0.348 e. The lowest BCUT2D eigenvalue weighted by Crippen LogP contribution is -2.60. The van der Waals surface area contributed by atoms with Crippen molar-refractivity contribution in [2.75, 3.05) is 90.9 Å². The number of urea groups is 4. The van der Waals surface area contributed by atoms with Gasteiger partial charge in [-0.2, -0.15) is 4.98 Å². The van der Waals surface area contributed by atoms with E-state index in [0.717, 1.165) is 108 Å². The van der Waals surface area contributed by atoms with E-state index in [2.05, 4.69) is 171 Å². The zero-order chi connectivity index (χ0) is 83.2. The largest absolute Gasteiger partial charge is 0.396 e. The van der Waals surface area contributed by atoms with Crippen LogP contribution in [0, 0.1) is 12.7 Å². The number of benzene rings is 7. The Kier molecular flexibility index (Phi) is 32.4. The van der Waals surface area contributed by atoms with Crippen LogP contribution in [-0.2, 0) is 38.2 Å². The summed E-state index contributed by atoms with van der Waals surface area (Å²) in [5.74, 6) is -0.651. The Morgan fingerprint density at radius 1 is 0.540 bits per heavy atom. The second-order valence-electron chi connectivity index (χ2n) is 28.0. The molecular weight excluding hydrogens is 1900 g/mol. The molecule has 8 aromatic rings. The molecule has 604 valence electrons. The van der Waals surface area contributed by atoms with Crippen LogP contribution in [0.5, 0.6) is 0 Å². The molecule has 0 spiro atoms. The number of halogens is 8. The van der Waals surface area contributed by atoms with Crippen LogP contribution in [-0.4, -0.2) is 126 Å². The summed E-state index contributed by atoms with van der Waals surface area (Å²) in [5.41, 5.74) is 10.4. The summed E-state index contributed by atoms with van der Waals surface area (Å²) in [5, 5.41) is 19.4. The molecule has 29 heteroatoms. The number of carbonyl (C=O) groups excluding carboxylic acids is 6. The molecule has 21 nitrogen and oxygen atoms in total. The van der Waals surface area contributed by atoms with Crippen LogP contribution >= 0.6 is 112 Å². The fourth-order valence-corrected chi connectivity index (χ4v) is 16.9. The molecule has 2 saturated heterocycles. The molecular formula is C84H97Br7FN11O10. The molecule has 113 heavy (non-hydrogen) atoms. The second kappa shape index (κ2) is 40.1. The zero-order valence-electron chi connectivity index (χ0n) is 65.7. The molecule has 2 fully saturated rings. The van der Waals surface area contributed by atoms with Crippen LogP contribution in [0.4, 0.5) is 52.0 Å². The molecule has 0 bridgehead atoms. The van der Waals surface area contributed by atoms with E-state index in [-0.39, 0.29) is 70.2 Å². The van der Waals surface area contributed by atoms with Crippen LogP contribution in [0.1, 0.15) is 157 Å². The Morgan fingerprint density at radius 2 is 0.929 bits per heavy atom. The SMILES string of the molecule is C=CCC1(C)NC(=O)N(CC)c2ccc(Br)cc21.CC(=O)c1cc(Br)ccc1F.CCN1C(=O)N2COCCC2(C)c2cc(Br)ccc21.CCN1C(=O)N2COCCC2(C)c2cc(Br)ccc21.CCN1C(=O)NC(C)(CCO)c2cc(Br)ccc21.CCNc1ccc(Br)cc1C(C)=O.CCn1c(=O)nc(C)c2cc(Br)ccc21. The maximum atomic E-state index is 12.8. The van der Waals surface area contributed by atoms with Gasteiger partial charge in [0.15, 0.2) is 11.6 Å². The van der Waals surface area contributed by atoms with Crippen LogP contribution in [0.25, 0.3) is 10.9 Å². The number of carbonyl (C=O) groups is 6. The van der Waals surface area contributed by atoms with Gasteiger partial charge in [0.2, 0.25) is 0 Å². The van der Waals surface area contributed by atoms with E-state index >= 15 is 0 Å². The molecule has 4 N–H and O–H groups in total. The Bertz CT molecular complexity index is 4830. The first kappa shape index (κ1) is 91.3. The molecule has 6 aliphatic rings. The molecule has 7 aromatic carbocycles. The minimum absolute atomic E-state index is 0.0366. The van der Waals surface area contributed by atoms with Crippen molar-refractivity contribution in [1.29, 1.82) is 0 Å². The van der Waals surface area contributed by atoms with E-state index in [1.807, 2.05) is 179 Å². The van der Waals surface area contributed by atoms with E-state index in [1.165, 1.54) is 30.2 Å². The van der Waals surface area contributed by atoms with Crippen molar-refractivity contribution in [3.63, 3.8) is 0 Å². The average molecular weight is 2000 g/mol. The monoisotopic (exact) mass is 1990 g/mol. The summed E-state index contributed by atoms with van der Waals surface area (Å²) < 4.78 is 32.1. The molecule has 4 unspecified atom stereocenters. The third-order valence-corrected chi connectivity index (χ3v) is 24.0. The van der Waals surface area contributed by atoms with Gasteiger partial charge in [0.25, 0.3) is 0 Å². The number of amides is 8. The second-order valence-corrected chi connectivity index (χ2v) is 34.4. The molecule has 0 saturated carbocycles. The molecule has 1 aromatic heterocycles. The minimum Gasteiger partial charge on any atom is -0.396 e. The number of Topliss-reactive ketones (excluding diaryl/α,β-unsaturated/α-hetero) is 2. The Hall–Kier alpha value is -7.19. The van der Waals surface area contributed by atoms with Crippen molar-refractivity contribution in [3.05, 3.63) is 227 Å². The highest BCUT2D eigenvalue weighted by atomic mass is 79.9. The third kappa shape index (κ3) is 20.8. The van der Waals surface area contributed by atoms with Crippen molar-refractivity contribution < 1.29 is 47.7 Å². The number of aliphatic hydroxyl groups excluding tert-OH is 1. The van der Waals surface area contributed by atoms with Gasteiger partial charge in [0.05, 0.1) is 74.9 Å². The predicted molar refractivity (Wildman–Crippen MR) is 474 cm³/mol. The van der Waals surface area contributed by atoms with Gasteiger partial charge < -0.3 is 30.5 Å².